The van der Waals surface area contributed by atoms with Gasteiger partial charge in [-0.3, -0.25) is 9.08 Å². The van der Waals surface area contributed by atoms with Crippen LogP contribution in [0.2, 0.25) is 0 Å². The summed E-state index contributed by atoms with van der Waals surface area (Å²) in [5, 5.41) is 10.8. The van der Waals surface area contributed by atoms with Crippen molar-refractivity contribution >= 4 is 10.1 Å². The first kappa shape index (κ1) is 21.3. The van der Waals surface area contributed by atoms with E-state index in [1.807, 2.05) is 31.2 Å². The number of rotatable bonds is 7. The second-order valence-corrected chi connectivity index (χ2v) is 9.44. The minimum Gasteiger partial charge on any atom is -0.497 e. The lowest BCUT2D eigenvalue weighted by Gasteiger charge is -2.24. The van der Waals surface area contributed by atoms with E-state index in [-0.39, 0.29) is 17.0 Å². The van der Waals surface area contributed by atoms with Crippen molar-refractivity contribution in [3.63, 3.8) is 0 Å². The van der Waals surface area contributed by atoms with Gasteiger partial charge in [-0.2, -0.15) is 8.42 Å². The molecule has 0 saturated carbocycles. The molecule has 8 heteroatoms. The van der Waals surface area contributed by atoms with Crippen molar-refractivity contribution in [1.82, 2.24) is 4.90 Å². The van der Waals surface area contributed by atoms with E-state index in [0.717, 1.165) is 29.8 Å². The number of methoxy groups -OCH3 is 1. The Morgan fingerprint density at radius 2 is 1.77 bits per heavy atom. The van der Waals surface area contributed by atoms with Gasteiger partial charge < -0.3 is 14.6 Å². The summed E-state index contributed by atoms with van der Waals surface area (Å²) in [6, 6.07) is 13.9. The lowest BCUT2D eigenvalue weighted by atomic mass is 10.1. The molecule has 4 rings (SSSR count). The molecule has 0 radical (unpaired) electrons. The van der Waals surface area contributed by atoms with E-state index in [0.29, 0.717) is 13.2 Å². The van der Waals surface area contributed by atoms with Crippen LogP contribution in [0.15, 0.2) is 53.4 Å². The largest absolute Gasteiger partial charge is 0.497 e. The summed E-state index contributed by atoms with van der Waals surface area (Å²) in [4.78, 5) is 2.15. The first-order valence-electron chi connectivity index (χ1n) is 10.0. The fourth-order valence-corrected chi connectivity index (χ4v) is 5.25. The number of aliphatic hydroxyl groups is 1. The van der Waals surface area contributed by atoms with E-state index in [4.69, 9.17) is 13.7 Å². The molecule has 0 aliphatic carbocycles. The molecule has 1 N–H and O–H groups in total. The number of hydrogen-bond acceptors (Lipinski definition) is 7. The van der Waals surface area contributed by atoms with Crippen LogP contribution >= 0.6 is 0 Å². The summed E-state index contributed by atoms with van der Waals surface area (Å²) < 4.78 is 41.9. The van der Waals surface area contributed by atoms with Gasteiger partial charge in [0, 0.05) is 13.1 Å². The van der Waals surface area contributed by atoms with Gasteiger partial charge in [-0.25, -0.2) is 0 Å². The van der Waals surface area contributed by atoms with Crippen LogP contribution < -0.4 is 4.74 Å². The van der Waals surface area contributed by atoms with E-state index in [1.165, 1.54) is 12.1 Å². The number of aryl methyl sites for hydroxylation is 1. The van der Waals surface area contributed by atoms with Gasteiger partial charge in [0.1, 0.15) is 18.0 Å². The van der Waals surface area contributed by atoms with Gasteiger partial charge in [0.2, 0.25) is 0 Å². The summed E-state index contributed by atoms with van der Waals surface area (Å²) in [5.41, 5.74) is 1.98. The van der Waals surface area contributed by atoms with Crippen LogP contribution in [-0.2, 0) is 25.6 Å². The maximum absolute atomic E-state index is 12.6. The predicted molar refractivity (Wildman–Crippen MR) is 111 cm³/mol. The normalized spacial score (nSPS) is 26.6. The summed E-state index contributed by atoms with van der Waals surface area (Å²) in [7, 11) is -2.32. The fourth-order valence-electron chi connectivity index (χ4n) is 4.17. The smallest absolute Gasteiger partial charge is 0.297 e. The van der Waals surface area contributed by atoms with Gasteiger partial charge in [-0.05, 0) is 43.2 Å². The second-order valence-electron chi connectivity index (χ2n) is 7.86. The number of ether oxygens (including phenoxy) is 2. The van der Waals surface area contributed by atoms with E-state index in [1.54, 1.807) is 19.2 Å². The zero-order valence-corrected chi connectivity index (χ0v) is 17.9. The molecule has 2 saturated heterocycles. The number of fused-ring (bicyclic) bond motifs is 1. The van der Waals surface area contributed by atoms with Crippen LogP contribution in [0, 0.1) is 6.92 Å². The molecule has 2 fully saturated rings. The van der Waals surface area contributed by atoms with Gasteiger partial charge in [-0.15, -0.1) is 0 Å². The zero-order valence-electron chi connectivity index (χ0n) is 17.1. The van der Waals surface area contributed by atoms with Crippen molar-refractivity contribution in [3.05, 3.63) is 59.7 Å². The van der Waals surface area contributed by atoms with Crippen molar-refractivity contribution in [2.24, 2.45) is 0 Å². The van der Waals surface area contributed by atoms with E-state index < -0.39 is 22.3 Å². The highest BCUT2D eigenvalue weighted by molar-refractivity contribution is 7.86. The van der Waals surface area contributed by atoms with Crippen LogP contribution in [-0.4, -0.2) is 63.0 Å². The Morgan fingerprint density at radius 3 is 2.43 bits per heavy atom. The lowest BCUT2D eigenvalue weighted by Crippen LogP contribution is -2.41. The molecule has 162 valence electrons. The Bertz CT molecular complexity index is 960. The molecule has 2 aromatic carbocycles. The third-order valence-corrected chi connectivity index (χ3v) is 7.18. The number of aliphatic hydroxyl groups excluding tert-OH is 1. The van der Waals surface area contributed by atoms with Crippen LogP contribution in [0.1, 0.15) is 17.5 Å². The third kappa shape index (κ3) is 4.38. The van der Waals surface area contributed by atoms with E-state index >= 15 is 0 Å². The summed E-state index contributed by atoms with van der Waals surface area (Å²) >= 11 is 0. The van der Waals surface area contributed by atoms with Crippen molar-refractivity contribution in [2.45, 2.75) is 49.2 Å². The third-order valence-electron chi connectivity index (χ3n) is 5.83. The average Bonchev–Trinajstić information content (AvgIpc) is 3.27. The molecule has 0 unspecified atom stereocenters. The Hall–Kier alpha value is -1.97. The van der Waals surface area contributed by atoms with Crippen LogP contribution in [0.5, 0.6) is 5.75 Å². The second kappa shape index (κ2) is 8.64. The molecule has 2 aromatic rings. The summed E-state index contributed by atoms with van der Waals surface area (Å²) in [5.74, 6) is 0.784. The topological polar surface area (TPSA) is 85.3 Å². The molecule has 30 heavy (non-hydrogen) atoms. The highest BCUT2D eigenvalue weighted by Gasteiger charge is 2.50. The highest BCUT2D eigenvalue weighted by atomic mass is 32.2. The summed E-state index contributed by atoms with van der Waals surface area (Å²) in [6.07, 6.45) is -1.14. The van der Waals surface area contributed by atoms with Gasteiger partial charge in [-0.1, -0.05) is 29.8 Å². The standard InChI is InChI=1S/C22H27NO6S/c1-15-3-9-18(10-4-15)30(25,26)29-20-13-23-12-11-19(21(23)22(20)24)28-14-16-5-7-17(27-2)8-6-16/h3-10,19-22,24H,11-14H2,1-2H3/t19-,20-,21+,22-/m0/s1. The first-order valence-corrected chi connectivity index (χ1v) is 11.4. The zero-order chi connectivity index (χ0) is 21.3. The molecule has 7 nitrogen and oxygen atoms in total. The monoisotopic (exact) mass is 433 g/mol. The molecule has 2 aliphatic rings. The number of benzene rings is 2. The minimum absolute atomic E-state index is 0.0969. The molecule has 2 heterocycles. The summed E-state index contributed by atoms with van der Waals surface area (Å²) in [6.45, 7) is 3.40. The van der Waals surface area contributed by atoms with Crippen LogP contribution in [0.4, 0.5) is 0 Å². The van der Waals surface area contributed by atoms with Gasteiger partial charge in [0.05, 0.1) is 30.8 Å². The van der Waals surface area contributed by atoms with E-state index in [9.17, 15) is 13.5 Å². The Labute approximate surface area is 177 Å². The van der Waals surface area contributed by atoms with Crippen molar-refractivity contribution in [3.8, 4) is 5.75 Å². The molecule has 0 aromatic heterocycles. The maximum atomic E-state index is 12.6. The van der Waals surface area contributed by atoms with Crippen LogP contribution in [0.3, 0.4) is 0 Å². The quantitative estimate of drug-likeness (QED) is 0.670. The SMILES string of the molecule is COc1ccc(CO[C@H]2CCN3C[C@H](OS(=O)(=O)c4ccc(C)cc4)[C@H](O)[C@@H]23)cc1. The predicted octanol–water partition coefficient (Wildman–Crippen LogP) is 2.11. The Balaban J connectivity index is 1.39. The molecule has 0 spiro atoms. The fraction of sp³-hybridized carbons (Fsp3) is 0.455. The lowest BCUT2D eigenvalue weighted by molar-refractivity contribution is -0.0244. The highest BCUT2D eigenvalue weighted by Crippen LogP contribution is 2.34. The van der Waals surface area contributed by atoms with Gasteiger partial charge in [0.25, 0.3) is 10.1 Å². The Morgan fingerprint density at radius 1 is 1.07 bits per heavy atom. The molecular weight excluding hydrogens is 406 g/mol. The minimum atomic E-state index is -3.94. The molecule has 4 atom stereocenters. The molecule has 0 bridgehead atoms. The average molecular weight is 434 g/mol. The Kier molecular flexibility index (Phi) is 6.13. The molecule has 0 amide bonds. The molecule has 2 aliphatic heterocycles. The van der Waals surface area contributed by atoms with Gasteiger partial charge >= 0.3 is 0 Å². The first-order chi connectivity index (χ1) is 14.4. The van der Waals surface area contributed by atoms with E-state index in [2.05, 4.69) is 4.90 Å². The maximum Gasteiger partial charge on any atom is 0.297 e. The van der Waals surface area contributed by atoms with Crippen molar-refractivity contribution in [2.75, 3.05) is 20.2 Å². The molecular formula is C22H27NO6S. The number of nitrogens with zero attached hydrogens (tertiary/aromatic N) is 1. The van der Waals surface area contributed by atoms with Crippen molar-refractivity contribution < 1.29 is 27.2 Å². The van der Waals surface area contributed by atoms with Gasteiger partial charge in [0.15, 0.2) is 0 Å². The van der Waals surface area contributed by atoms with Crippen molar-refractivity contribution in [1.29, 1.82) is 0 Å². The number of hydrogen-bond donors (Lipinski definition) is 1. The van der Waals surface area contributed by atoms with Crippen LogP contribution in [0.25, 0.3) is 0 Å².